The SMILES string of the molecule is [C-]#[N+]c1cnc2ccc(Br)cc2c1N1CCOC[C@H]1C. The molecular formula is C15H14BrN3O. The number of ether oxygens (including phenoxy) is 1. The summed E-state index contributed by atoms with van der Waals surface area (Å²) in [7, 11) is 0. The molecule has 0 saturated carbocycles. The van der Waals surface area contributed by atoms with Crippen LogP contribution in [0.2, 0.25) is 0 Å². The highest BCUT2D eigenvalue weighted by Gasteiger charge is 2.23. The van der Waals surface area contributed by atoms with E-state index in [1.54, 1.807) is 6.20 Å². The molecule has 5 heteroatoms. The number of nitrogens with zero attached hydrogens (tertiary/aromatic N) is 3. The van der Waals surface area contributed by atoms with Crippen molar-refractivity contribution >= 4 is 38.2 Å². The molecule has 4 nitrogen and oxygen atoms in total. The van der Waals surface area contributed by atoms with Gasteiger partial charge in [-0.1, -0.05) is 15.9 Å². The molecule has 20 heavy (non-hydrogen) atoms. The van der Waals surface area contributed by atoms with Crippen molar-refractivity contribution in [2.75, 3.05) is 24.7 Å². The van der Waals surface area contributed by atoms with Crippen LogP contribution in [0.3, 0.4) is 0 Å². The molecule has 0 aliphatic carbocycles. The van der Waals surface area contributed by atoms with Gasteiger partial charge in [0.2, 0.25) is 5.69 Å². The predicted octanol–water partition coefficient (Wildman–Crippen LogP) is 3.77. The van der Waals surface area contributed by atoms with E-state index in [-0.39, 0.29) is 6.04 Å². The van der Waals surface area contributed by atoms with Crippen LogP contribution in [-0.2, 0) is 4.74 Å². The number of benzene rings is 1. The van der Waals surface area contributed by atoms with E-state index >= 15 is 0 Å². The van der Waals surface area contributed by atoms with E-state index in [1.165, 1.54) is 0 Å². The molecule has 1 aliphatic heterocycles. The van der Waals surface area contributed by atoms with Crippen molar-refractivity contribution in [3.63, 3.8) is 0 Å². The van der Waals surface area contributed by atoms with Crippen LogP contribution in [0.5, 0.6) is 0 Å². The number of fused-ring (bicyclic) bond motifs is 1. The summed E-state index contributed by atoms with van der Waals surface area (Å²) in [6.07, 6.45) is 1.67. The van der Waals surface area contributed by atoms with E-state index in [1.807, 2.05) is 18.2 Å². The number of pyridine rings is 1. The average Bonchev–Trinajstić information content (AvgIpc) is 2.47. The molecule has 0 amide bonds. The molecule has 0 unspecified atom stereocenters. The lowest BCUT2D eigenvalue weighted by Crippen LogP contribution is -2.43. The van der Waals surface area contributed by atoms with Gasteiger partial charge in [0.25, 0.3) is 0 Å². The quantitative estimate of drug-likeness (QED) is 0.745. The number of halogens is 1. The third kappa shape index (κ3) is 2.26. The highest BCUT2D eigenvalue weighted by Crippen LogP contribution is 2.38. The minimum absolute atomic E-state index is 0.258. The minimum Gasteiger partial charge on any atom is -0.377 e. The number of anilines is 1. The molecule has 1 fully saturated rings. The van der Waals surface area contributed by atoms with Crippen LogP contribution in [0.1, 0.15) is 6.92 Å². The molecule has 1 aliphatic rings. The maximum absolute atomic E-state index is 7.41. The first-order valence-electron chi connectivity index (χ1n) is 6.51. The average molecular weight is 332 g/mol. The van der Waals surface area contributed by atoms with Gasteiger partial charge in [0.15, 0.2) is 0 Å². The number of rotatable bonds is 1. The fourth-order valence-electron chi connectivity index (χ4n) is 2.58. The maximum atomic E-state index is 7.41. The first-order chi connectivity index (χ1) is 9.70. The van der Waals surface area contributed by atoms with Gasteiger partial charge in [0.1, 0.15) is 0 Å². The zero-order chi connectivity index (χ0) is 14.1. The monoisotopic (exact) mass is 331 g/mol. The zero-order valence-corrected chi connectivity index (χ0v) is 12.7. The van der Waals surface area contributed by atoms with Crippen LogP contribution in [0, 0.1) is 6.57 Å². The van der Waals surface area contributed by atoms with Crippen LogP contribution in [-0.4, -0.2) is 30.8 Å². The third-order valence-electron chi connectivity index (χ3n) is 3.56. The second kappa shape index (κ2) is 5.39. The van der Waals surface area contributed by atoms with Crippen LogP contribution in [0.15, 0.2) is 28.9 Å². The van der Waals surface area contributed by atoms with Crippen molar-refractivity contribution in [2.45, 2.75) is 13.0 Å². The second-order valence-electron chi connectivity index (χ2n) is 4.88. The number of hydrogen-bond donors (Lipinski definition) is 0. The molecule has 1 saturated heterocycles. The molecule has 1 aromatic heterocycles. The summed E-state index contributed by atoms with van der Waals surface area (Å²) in [5, 5.41) is 1.02. The zero-order valence-electron chi connectivity index (χ0n) is 11.1. The van der Waals surface area contributed by atoms with Crippen molar-refractivity contribution < 1.29 is 4.74 Å². The van der Waals surface area contributed by atoms with E-state index in [4.69, 9.17) is 11.3 Å². The Morgan fingerprint density at radius 1 is 1.50 bits per heavy atom. The summed E-state index contributed by atoms with van der Waals surface area (Å²) in [4.78, 5) is 10.3. The Kier molecular flexibility index (Phi) is 3.60. The molecule has 102 valence electrons. The topological polar surface area (TPSA) is 29.7 Å². The lowest BCUT2D eigenvalue weighted by Gasteiger charge is -2.36. The Labute approximate surface area is 126 Å². The molecule has 1 atom stereocenters. The van der Waals surface area contributed by atoms with Gasteiger partial charge in [-0.25, -0.2) is 4.85 Å². The lowest BCUT2D eigenvalue weighted by molar-refractivity contribution is 0.0991. The van der Waals surface area contributed by atoms with Crippen molar-refractivity contribution in [3.05, 3.63) is 40.3 Å². The Morgan fingerprint density at radius 3 is 3.10 bits per heavy atom. The van der Waals surface area contributed by atoms with Crippen molar-refractivity contribution in [3.8, 4) is 0 Å². The summed E-state index contributed by atoms with van der Waals surface area (Å²) in [6, 6.07) is 6.24. The molecular weight excluding hydrogens is 318 g/mol. The Hall–Kier alpha value is -1.64. The van der Waals surface area contributed by atoms with Gasteiger partial charge in [-0.05, 0) is 25.1 Å². The molecule has 0 N–H and O–H groups in total. The first-order valence-corrected chi connectivity index (χ1v) is 7.30. The largest absolute Gasteiger partial charge is 0.377 e. The van der Waals surface area contributed by atoms with Crippen molar-refractivity contribution in [1.29, 1.82) is 0 Å². The predicted molar refractivity (Wildman–Crippen MR) is 83.3 cm³/mol. The fraction of sp³-hybridized carbons (Fsp3) is 0.333. The maximum Gasteiger partial charge on any atom is 0.228 e. The van der Waals surface area contributed by atoms with E-state index in [2.05, 4.69) is 37.6 Å². The van der Waals surface area contributed by atoms with Gasteiger partial charge in [-0.2, -0.15) is 0 Å². The van der Waals surface area contributed by atoms with Gasteiger partial charge in [0, 0.05) is 28.6 Å². The first kappa shape index (κ1) is 13.3. The Balaban J connectivity index is 2.25. The standard InChI is InChI=1S/C15H14BrN3O/c1-10-9-20-6-5-19(10)15-12-7-11(16)3-4-13(12)18-8-14(15)17-2/h3-4,7-8,10H,5-6,9H2,1H3/t10-/m1/s1. The van der Waals surface area contributed by atoms with E-state index in [0.717, 1.165) is 27.6 Å². The lowest BCUT2D eigenvalue weighted by atomic mass is 10.1. The number of hydrogen-bond acceptors (Lipinski definition) is 3. The Morgan fingerprint density at radius 2 is 2.35 bits per heavy atom. The summed E-state index contributed by atoms with van der Waals surface area (Å²) < 4.78 is 6.50. The van der Waals surface area contributed by atoms with Gasteiger partial charge >= 0.3 is 0 Å². The Bertz CT molecular complexity index is 695. The molecule has 2 heterocycles. The smallest absolute Gasteiger partial charge is 0.228 e. The summed E-state index contributed by atoms with van der Waals surface area (Å²) >= 11 is 3.50. The van der Waals surface area contributed by atoms with Crippen molar-refractivity contribution in [1.82, 2.24) is 4.98 Å². The molecule has 2 aromatic rings. The summed E-state index contributed by atoms with van der Waals surface area (Å²) in [6.45, 7) is 11.7. The van der Waals surface area contributed by atoms with Crippen LogP contribution in [0.25, 0.3) is 15.7 Å². The third-order valence-corrected chi connectivity index (χ3v) is 4.05. The molecule has 1 aromatic carbocycles. The highest BCUT2D eigenvalue weighted by atomic mass is 79.9. The summed E-state index contributed by atoms with van der Waals surface area (Å²) in [5.74, 6) is 0. The van der Waals surface area contributed by atoms with Crippen LogP contribution < -0.4 is 4.90 Å². The summed E-state index contributed by atoms with van der Waals surface area (Å²) in [5.41, 5.74) is 2.49. The van der Waals surface area contributed by atoms with Crippen LogP contribution in [0.4, 0.5) is 11.4 Å². The fourth-order valence-corrected chi connectivity index (χ4v) is 2.94. The van der Waals surface area contributed by atoms with E-state index < -0.39 is 0 Å². The number of aromatic nitrogens is 1. The van der Waals surface area contributed by atoms with Crippen LogP contribution >= 0.6 is 15.9 Å². The molecule has 0 bridgehead atoms. The van der Waals surface area contributed by atoms with E-state index in [9.17, 15) is 0 Å². The van der Waals surface area contributed by atoms with Gasteiger partial charge in [-0.15, -0.1) is 0 Å². The van der Waals surface area contributed by atoms with Gasteiger partial charge in [-0.3, -0.25) is 4.98 Å². The van der Waals surface area contributed by atoms with Gasteiger partial charge in [0.05, 0.1) is 31.0 Å². The minimum atomic E-state index is 0.258. The normalized spacial score (nSPS) is 19.1. The highest BCUT2D eigenvalue weighted by molar-refractivity contribution is 9.10. The van der Waals surface area contributed by atoms with Crippen molar-refractivity contribution in [2.24, 2.45) is 0 Å². The molecule has 0 spiro atoms. The molecule has 3 rings (SSSR count). The number of morpholine rings is 1. The van der Waals surface area contributed by atoms with Gasteiger partial charge < -0.3 is 9.64 Å². The second-order valence-corrected chi connectivity index (χ2v) is 5.80. The van der Waals surface area contributed by atoms with E-state index in [0.29, 0.717) is 18.9 Å². The molecule has 0 radical (unpaired) electrons.